The van der Waals surface area contributed by atoms with E-state index in [2.05, 4.69) is 10.00 Å². The predicted molar refractivity (Wildman–Crippen MR) is 81.4 cm³/mol. The average Bonchev–Trinajstić information content (AvgIpc) is 2.93. The Morgan fingerprint density at radius 3 is 2.76 bits per heavy atom. The van der Waals surface area contributed by atoms with E-state index in [9.17, 15) is 4.79 Å². The van der Waals surface area contributed by atoms with Crippen molar-refractivity contribution in [2.45, 2.75) is 25.8 Å². The van der Waals surface area contributed by atoms with Gasteiger partial charge in [0.2, 0.25) is 0 Å². The molecule has 0 bridgehead atoms. The van der Waals surface area contributed by atoms with Gasteiger partial charge >= 0.3 is 5.97 Å². The SMILES string of the molecule is CN(CCCCC(=O)O)Cc1cnn(-c2ccccc2)c1. The van der Waals surface area contributed by atoms with Crippen LogP contribution < -0.4 is 0 Å². The summed E-state index contributed by atoms with van der Waals surface area (Å²) in [6.07, 6.45) is 5.78. The predicted octanol–water partition coefficient (Wildman–Crippen LogP) is 2.56. The highest BCUT2D eigenvalue weighted by Crippen LogP contribution is 2.09. The molecule has 0 spiro atoms. The van der Waals surface area contributed by atoms with Gasteiger partial charge in [-0.05, 0) is 38.6 Å². The maximum Gasteiger partial charge on any atom is 0.303 e. The topological polar surface area (TPSA) is 58.4 Å². The molecule has 0 aliphatic carbocycles. The summed E-state index contributed by atoms with van der Waals surface area (Å²) in [6.45, 7) is 1.71. The fourth-order valence-corrected chi connectivity index (χ4v) is 2.21. The van der Waals surface area contributed by atoms with Crippen LogP contribution in [0.5, 0.6) is 0 Å². The molecule has 0 radical (unpaired) electrons. The van der Waals surface area contributed by atoms with E-state index < -0.39 is 5.97 Å². The Morgan fingerprint density at radius 1 is 1.29 bits per heavy atom. The first kappa shape index (κ1) is 15.3. The third-order valence-corrected chi connectivity index (χ3v) is 3.29. The smallest absolute Gasteiger partial charge is 0.303 e. The van der Waals surface area contributed by atoms with Gasteiger partial charge in [0.15, 0.2) is 0 Å². The number of rotatable bonds is 8. The lowest BCUT2D eigenvalue weighted by Gasteiger charge is -2.14. The number of hydrogen-bond donors (Lipinski definition) is 1. The molecule has 0 atom stereocenters. The van der Waals surface area contributed by atoms with Gasteiger partial charge in [-0.2, -0.15) is 5.10 Å². The molecule has 1 heterocycles. The Bertz CT molecular complexity index is 566. The minimum atomic E-state index is -0.721. The number of carboxylic acid groups (broad SMARTS) is 1. The van der Waals surface area contributed by atoms with Gasteiger partial charge in [0, 0.05) is 24.7 Å². The lowest BCUT2D eigenvalue weighted by atomic mass is 10.2. The molecular formula is C16H21N3O2. The second-order valence-electron chi connectivity index (χ2n) is 5.22. The van der Waals surface area contributed by atoms with Gasteiger partial charge in [-0.1, -0.05) is 18.2 Å². The van der Waals surface area contributed by atoms with E-state index in [1.54, 1.807) is 0 Å². The van der Waals surface area contributed by atoms with Crippen molar-refractivity contribution in [1.29, 1.82) is 0 Å². The maximum atomic E-state index is 10.4. The number of hydrogen-bond acceptors (Lipinski definition) is 3. The molecule has 0 fully saturated rings. The summed E-state index contributed by atoms with van der Waals surface area (Å²) in [5, 5.41) is 13.0. The van der Waals surface area contributed by atoms with Crippen LogP contribution in [-0.2, 0) is 11.3 Å². The van der Waals surface area contributed by atoms with Crippen molar-refractivity contribution in [3.8, 4) is 5.69 Å². The van der Waals surface area contributed by atoms with Crippen LogP contribution >= 0.6 is 0 Å². The van der Waals surface area contributed by atoms with Crippen LogP contribution in [0.3, 0.4) is 0 Å². The number of nitrogens with zero attached hydrogens (tertiary/aromatic N) is 3. The van der Waals surface area contributed by atoms with Crippen molar-refractivity contribution < 1.29 is 9.90 Å². The second kappa shape index (κ2) is 7.59. The van der Waals surface area contributed by atoms with Crippen LogP contribution in [0.1, 0.15) is 24.8 Å². The normalized spacial score (nSPS) is 11.0. The van der Waals surface area contributed by atoms with E-state index >= 15 is 0 Å². The van der Waals surface area contributed by atoms with Gasteiger partial charge < -0.3 is 10.0 Å². The number of carboxylic acids is 1. The Labute approximate surface area is 124 Å². The minimum Gasteiger partial charge on any atom is -0.481 e. The zero-order valence-electron chi connectivity index (χ0n) is 12.3. The monoisotopic (exact) mass is 287 g/mol. The molecule has 0 amide bonds. The molecule has 21 heavy (non-hydrogen) atoms. The summed E-state index contributed by atoms with van der Waals surface area (Å²) in [6, 6.07) is 10.0. The van der Waals surface area contributed by atoms with Crippen molar-refractivity contribution in [3.05, 3.63) is 48.3 Å². The second-order valence-corrected chi connectivity index (χ2v) is 5.22. The maximum absolute atomic E-state index is 10.4. The Balaban J connectivity index is 1.81. The van der Waals surface area contributed by atoms with Gasteiger partial charge in [-0.3, -0.25) is 4.79 Å². The largest absolute Gasteiger partial charge is 0.481 e. The molecule has 0 aliphatic rings. The molecule has 5 nitrogen and oxygen atoms in total. The summed E-state index contributed by atoms with van der Waals surface area (Å²) in [7, 11) is 2.04. The Hall–Kier alpha value is -2.14. The molecule has 2 aromatic rings. The third-order valence-electron chi connectivity index (χ3n) is 3.29. The van der Waals surface area contributed by atoms with Gasteiger partial charge in [-0.25, -0.2) is 4.68 Å². The summed E-state index contributed by atoms with van der Waals surface area (Å²) in [4.78, 5) is 12.6. The van der Waals surface area contributed by atoms with Crippen molar-refractivity contribution in [3.63, 3.8) is 0 Å². The molecule has 112 valence electrons. The first-order valence-corrected chi connectivity index (χ1v) is 7.14. The standard InChI is InChI=1S/C16H21N3O2/c1-18(10-6-5-9-16(20)21)12-14-11-17-19(13-14)15-7-3-2-4-8-15/h2-4,7-8,11,13H,5-6,9-10,12H2,1H3,(H,20,21). The number of aliphatic carboxylic acids is 1. The molecular weight excluding hydrogens is 266 g/mol. The first-order valence-electron chi connectivity index (χ1n) is 7.14. The van der Waals surface area contributed by atoms with E-state index in [0.29, 0.717) is 0 Å². The van der Waals surface area contributed by atoms with Crippen molar-refractivity contribution in [2.75, 3.05) is 13.6 Å². The zero-order chi connectivity index (χ0) is 15.1. The molecule has 0 saturated carbocycles. The fourth-order valence-electron chi connectivity index (χ4n) is 2.21. The van der Waals surface area contributed by atoms with E-state index in [1.165, 1.54) is 0 Å². The van der Waals surface area contributed by atoms with Crippen LogP contribution in [0.25, 0.3) is 5.69 Å². The van der Waals surface area contributed by atoms with Gasteiger partial charge in [0.1, 0.15) is 0 Å². The van der Waals surface area contributed by atoms with Crippen molar-refractivity contribution >= 4 is 5.97 Å². The fraction of sp³-hybridized carbons (Fsp3) is 0.375. The molecule has 0 unspecified atom stereocenters. The summed E-state index contributed by atoms with van der Waals surface area (Å²) in [5.41, 5.74) is 2.20. The van der Waals surface area contributed by atoms with Crippen LogP contribution in [0, 0.1) is 0 Å². The average molecular weight is 287 g/mol. The Kier molecular flexibility index (Phi) is 5.51. The molecule has 1 N–H and O–H groups in total. The van der Waals surface area contributed by atoms with E-state index in [1.807, 2.05) is 54.5 Å². The van der Waals surface area contributed by atoms with Gasteiger partial charge in [0.05, 0.1) is 11.9 Å². The van der Waals surface area contributed by atoms with Gasteiger partial charge in [-0.15, -0.1) is 0 Å². The number of carbonyl (C=O) groups is 1. The number of benzene rings is 1. The van der Waals surface area contributed by atoms with Crippen LogP contribution in [0.2, 0.25) is 0 Å². The van der Waals surface area contributed by atoms with Crippen LogP contribution in [-0.4, -0.2) is 39.3 Å². The van der Waals surface area contributed by atoms with E-state index in [0.717, 1.165) is 37.2 Å². The summed E-state index contributed by atoms with van der Waals surface area (Å²) < 4.78 is 1.87. The molecule has 2 rings (SSSR count). The zero-order valence-corrected chi connectivity index (χ0v) is 12.3. The minimum absolute atomic E-state index is 0.250. The number of para-hydroxylation sites is 1. The lowest BCUT2D eigenvalue weighted by Crippen LogP contribution is -2.19. The molecule has 5 heteroatoms. The summed E-state index contributed by atoms with van der Waals surface area (Å²) >= 11 is 0. The molecule has 0 saturated heterocycles. The van der Waals surface area contributed by atoms with Gasteiger partial charge in [0.25, 0.3) is 0 Å². The van der Waals surface area contributed by atoms with E-state index in [4.69, 9.17) is 5.11 Å². The van der Waals surface area contributed by atoms with Crippen LogP contribution in [0.4, 0.5) is 0 Å². The first-order chi connectivity index (χ1) is 10.1. The Morgan fingerprint density at radius 2 is 2.05 bits per heavy atom. The van der Waals surface area contributed by atoms with Crippen molar-refractivity contribution in [2.24, 2.45) is 0 Å². The van der Waals surface area contributed by atoms with Crippen molar-refractivity contribution in [1.82, 2.24) is 14.7 Å². The summed E-state index contributed by atoms with van der Waals surface area (Å²) in [5.74, 6) is -0.721. The lowest BCUT2D eigenvalue weighted by molar-refractivity contribution is -0.137. The molecule has 0 aliphatic heterocycles. The molecule has 1 aromatic heterocycles. The van der Waals surface area contributed by atoms with E-state index in [-0.39, 0.29) is 6.42 Å². The quantitative estimate of drug-likeness (QED) is 0.758. The molecule has 1 aromatic carbocycles. The number of aromatic nitrogens is 2. The highest BCUT2D eigenvalue weighted by atomic mass is 16.4. The highest BCUT2D eigenvalue weighted by molar-refractivity contribution is 5.66. The highest BCUT2D eigenvalue weighted by Gasteiger charge is 2.05. The number of unbranched alkanes of at least 4 members (excludes halogenated alkanes) is 1. The third kappa shape index (κ3) is 5.04. The van der Waals surface area contributed by atoms with Crippen LogP contribution in [0.15, 0.2) is 42.7 Å².